The van der Waals surface area contributed by atoms with Crippen LogP contribution in [0.25, 0.3) is 0 Å². The maximum atomic E-state index is 5.40. The summed E-state index contributed by atoms with van der Waals surface area (Å²) in [6.45, 7) is 5.40. The highest BCUT2D eigenvalue weighted by molar-refractivity contribution is 9.09. The van der Waals surface area contributed by atoms with E-state index in [4.69, 9.17) is 4.74 Å². The first-order valence-electron chi connectivity index (χ1n) is 6.21. The Labute approximate surface area is 101 Å². The van der Waals surface area contributed by atoms with Crippen molar-refractivity contribution in [2.75, 3.05) is 38.2 Å². The van der Waals surface area contributed by atoms with E-state index in [1.165, 1.54) is 44.0 Å². The van der Waals surface area contributed by atoms with Gasteiger partial charge in [-0.1, -0.05) is 35.2 Å². The first-order chi connectivity index (χ1) is 7.35. The summed E-state index contributed by atoms with van der Waals surface area (Å²) in [6, 6.07) is 0. The molecule has 2 fully saturated rings. The number of alkyl halides is 1. The molecule has 88 valence electrons. The zero-order valence-electron chi connectivity index (χ0n) is 9.51. The normalized spacial score (nSPS) is 27.8. The molecule has 3 heteroatoms. The molecule has 2 nitrogen and oxygen atoms in total. The molecule has 0 radical (unpaired) electrons. The molecule has 1 heterocycles. The summed E-state index contributed by atoms with van der Waals surface area (Å²) in [5, 5.41) is 1.18. The zero-order valence-corrected chi connectivity index (χ0v) is 11.1. The minimum Gasteiger partial charge on any atom is -0.379 e. The third-order valence-corrected chi connectivity index (χ3v) is 5.05. The van der Waals surface area contributed by atoms with E-state index >= 15 is 0 Å². The summed E-state index contributed by atoms with van der Waals surface area (Å²) in [5.74, 6) is 0. The fourth-order valence-electron chi connectivity index (χ4n) is 2.87. The average molecular weight is 276 g/mol. The Bertz CT molecular complexity index is 186. The van der Waals surface area contributed by atoms with Gasteiger partial charge in [-0.3, -0.25) is 4.90 Å². The van der Waals surface area contributed by atoms with Crippen LogP contribution in [-0.2, 0) is 4.74 Å². The van der Waals surface area contributed by atoms with Crippen molar-refractivity contribution in [2.45, 2.75) is 32.1 Å². The second-order valence-corrected chi connectivity index (χ2v) is 5.64. The summed E-state index contributed by atoms with van der Waals surface area (Å²) in [5.41, 5.74) is 0.565. The molecule has 2 rings (SSSR count). The molecular weight excluding hydrogens is 254 g/mol. The van der Waals surface area contributed by atoms with Crippen LogP contribution in [0.3, 0.4) is 0 Å². The van der Waals surface area contributed by atoms with Crippen molar-refractivity contribution in [1.29, 1.82) is 0 Å². The molecule has 0 aromatic rings. The summed E-state index contributed by atoms with van der Waals surface area (Å²) in [6.07, 6.45) is 7.12. The van der Waals surface area contributed by atoms with Crippen LogP contribution in [0, 0.1) is 5.41 Å². The molecule has 0 N–H and O–H groups in total. The molecular formula is C12H22BrNO. The molecule has 15 heavy (non-hydrogen) atoms. The second-order valence-electron chi connectivity index (χ2n) is 5.08. The Kier molecular flexibility index (Phi) is 4.47. The number of ether oxygens (including phenoxy) is 1. The first kappa shape index (κ1) is 11.9. The predicted octanol–water partition coefficient (Wildman–Crippen LogP) is 2.66. The van der Waals surface area contributed by atoms with E-state index in [0.29, 0.717) is 5.41 Å². The number of morpholine rings is 1. The molecule has 0 aromatic heterocycles. The quantitative estimate of drug-likeness (QED) is 0.735. The molecule has 0 atom stereocenters. The van der Waals surface area contributed by atoms with E-state index in [-0.39, 0.29) is 0 Å². The average Bonchev–Trinajstić information content (AvgIpc) is 2.32. The van der Waals surface area contributed by atoms with E-state index in [9.17, 15) is 0 Å². The molecule has 0 aromatic carbocycles. The number of rotatable bonds is 3. The van der Waals surface area contributed by atoms with Gasteiger partial charge in [0.05, 0.1) is 13.2 Å². The Hall–Kier alpha value is 0.400. The molecule has 2 aliphatic rings. The smallest absolute Gasteiger partial charge is 0.0594 e. The van der Waals surface area contributed by atoms with Gasteiger partial charge in [-0.25, -0.2) is 0 Å². The number of hydrogen-bond acceptors (Lipinski definition) is 2. The molecule has 1 aliphatic carbocycles. The van der Waals surface area contributed by atoms with Crippen molar-refractivity contribution < 1.29 is 4.74 Å². The van der Waals surface area contributed by atoms with Crippen LogP contribution in [0.1, 0.15) is 32.1 Å². The van der Waals surface area contributed by atoms with Crippen molar-refractivity contribution in [3.8, 4) is 0 Å². The van der Waals surface area contributed by atoms with Crippen molar-refractivity contribution in [1.82, 2.24) is 4.90 Å². The monoisotopic (exact) mass is 275 g/mol. The van der Waals surface area contributed by atoms with E-state index in [1.807, 2.05) is 0 Å². The van der Waals surface area contributed by atoms with E-state index in [0.717, 1.165) is 26.3 Å². The molecule has 0 unspecified atom stereocenters. The molecule has 0 bridgehead atoms. The third-order valence-electron chi connectivity index (χ3n) is 3.86. The van der Waals surface area contributed by atoms with E-state index in [1.54, 1.807) is 0 Å². The Morgan fingerprint density at radius 1 is 1.07 bits per heavy atom. The van der Waals surface area contributed by atoms with Crippen molar-refractivity contribution in [3.63, 3.8) is 0 Å². The van der Waals surface area contributed by atoms with Crippen LogP contribution >= 0.6 is 15.9 Å². The van der Waals surface area contributed by atoms with Crippen molar-refractivity contribution in [3.05, 3.63) is 0 Å². The fraction of sp³-hybridized carbons (Fsp3) is 1.00. The van der Waals surface area contributed by atoms with Gasteiger partial charge in [-0.2, -0.15) is 0 Å². The summed E-state index contributed by atoms with van der Waals surface area (Å²) in [7, 11) is 0. The Morgan fingerprint density at radius 3 is 2.33 bits per heavy atom. The minimum atomic E-state index is 0.565. The van der Waals surface area contributed by atoms with Gasteiger partial charge in [0, 0.05) is 25.0 Å². The number of hydrogen-bond donors (Lipinski definition) is 0. The largest absolute Gasteiger partial charge is 0.379 e. The topological polar surface area (TPSA) is 12.5 Å². The summed E-state index contributed by atoms with van der Waals surface area (Å²) >= 11 is 3.74. The molecule has 1 saturated heterocycles. The van der Waals surface area contributed by atoms with Crippen LogP contribution in [-0.4, -0.2) is 43.1 Å². The van der Waals surface area contributed by atoms with Gasteiger partial charge in [0.2, 0.25) is 0 Å². The van der Waals surface area contributed by atoms with Crippen LogP contribution in [0.15, 0.2) is 0 Å². The highest BCUT2D eigenvalue weighted by atomic mass is 79.9. The highest BCUT2D eigenvalue weighted by Crippen LogP contribution is 2.38. The third kappa shape index (κ3) is 3.18. The lowest BCUT2D eigenvalue weighted by atomic mass is 9.75. The predicted molar refractivity (Wildman–Crippen MR) is 66.6 cm³/mol. The van der Waals surface area contributed by atoms with E-state index < -0.39 is 0 Å². The minimum absolute atomic E-state index is 0.565. The van der Waals surface area contributed by atoms with Gasteiger partial charge in [-0.05, 0) is 18.3 Å². The summed E-state index contributed by atoms with van der Waals surface area (Å²) < 4.78 is 5.40. The molecule has 1 aliphatic heterocycles. The highest BCUT2D eigenvalue weighted by Gasteiger charge is 2.33. The lowest BCUT2D eigenvalue weighted by Crippen LogP contribution is -2.45. The van der Waals surface area contributed by atoms with Crippen molar-refractivity contribution in [2.24, 2.45) is 5.41 Å². The van der Waals surface area contributed by atoms with E-state index in [2.05, 4.69) is 20.8 Å². The van der Waals surface area contributed by atoms with Gasteiger partial charge in [0.25, 0.3) is 0 Å². The number of halogens is 1. The summed E-state index contributed by atoms with van der Waals surface area (Å²) in [4.78, 5) is 2.59. The van der Waals surface area contributed by atoms with Gasteiger partial charge in [-0.15, -0.1) is 0 Å². The SMILES string of the molecule is BrCC1(CN2CCOCC2)CCCCC1. The van der Waals surface area contributed by atoms with Gasteiger partial charge in [0.1, 0.15) is 0 Å². The Morgan fingerprint density at radius 2 is 1.73 bits per heavy atom. The van der Waals surface area contributed by atoms with Gasteiger partial charge < -0.3 is 4.74 Å². The standard InChI is InChI=1S/C12H22BrNO/c13-10-12(4-2-1-3-5-12)11-14-6-8-15-9-7-14/h1-11H2. The van der Waals surface area contributed by atoms with Gasteiger partial charge >= 0.3 is 0 Å². The van der Waals surface area contributed by atoms with Crippen LogP contribution < -0.4 is 0 Å². The maximum Gasteiger partial charge on any atom is 0.0594 e. The lowest BCUT2D eigenvalue weighted by Gasteiger charge is -2.41. The molecule has 0 amide bonds. The first-order valence-corrected chi connectivity index (χ1v) is 7.33. The maximum absolute atomic E-state index is 5.40. The van der Waals surface area contributed by atoms with Crippen LogP contribution in [0.2, 0.25) is 0 Å². The Balaban J connectivity index is 1.87. The zero-order chi connectivity index (χ0) is 10.6. The van der Waals surface area contributed by atoms with Crippen LogP contribution in [0.4, 0.5) is 0 Å². The van der Waals surface area contributed by atoms with Crippen LogP contribution in [0.5, 0.6) is 0 Å². The van der Waals surface area contributed by atoms with Crippen molar-refractivity contribution >= 4 is 15.9 Å². The molecule has 0 spiro atoms. The lowest BCUT2D eigenvalue weighted by molar-refractivity contribution is 0.0129. The van der Waals surface area contributed by atoms with Gasteiger partial charge in [0.15, 0.2) is 0 Å². The second kappa shape index (κ2) is 5.65. The fourth-order valence-corrected chi connectivity index (χ4v) is 3.61. The number of nitrogens with zero attached hydrogens (tertiary/aromatic N) is 1. The molecule has 1 saturated carbocycles.